The molecule has 0 saturated heterocycles. The first-order valence-corrected chi connectivity index (χ1v) is 10.3. The van der Waals surface area contributed by atoms with Crippen molar-refractivity contribution in [2.75, 3.05) is 36.3 Å². The summed E-state index contributed by atoms with van der Waals surface area (Å²) in [6, 6.07) is 5.89. The number of carbonyl (C=O) groups excluding carboxylic acids is 1. The van der Waals surface area contributed by atoms with Crippen LogP contribution < -0.4 is 15.1 Å². The standard InChI is InChI=1S/C22H26FN7O2/c1-14(32-4)19-21(31)28(2)18-11-25-22(27-20(18)29(19)3)24-9-16-10-26-30(13-16)12-15-5-7-17(23)8-6-15/h5-8,10-11,13-14,19H,9,12H2,1-4H3,(H,24,25,27)/t14-,19+/m1/s1. The predicted molar refractivity (Wildman–Crippen MR) is 119 cm³/mol. The number of nitrogens with zero attached hydrogens (tertiary/aromatic N) is 6. The number of anilines is 3. The van der Waals surface area contributed by atoms with Crippen molar-refractivity contribution in [3.63, 3.8) is 0 Å². The Kier molecular flexibility index (Phi) is 6.04. The van der Waals surface area contributed by atoms with Gasteiger partial charge in [0.15, 0.2) is 5.82 Å². The van der Waals surface area contributed by atoms with Gasteiger partial charge in [-0.25, -0.2) is 9.37 Å². The van der Waals surface area contributed by atoms with Crippen LogP contribution in [0.2, 0.25) is 0 Å². The molecule has 0 unspecified atom stereocenters. The molecule has 10 heteroatoms. The lowest BCUT2D eigenvalue weighted by Crippen LogP contribution is -2.56. The Morgan fingerprint density at radius 1 is 1.19 bits per heavy atom. The van der Waals surface area contributed by atoms with Gasteiger partial charge in [0.05, 0.1) is 25.0 Å². The highest BCUT2D eigenvalue weighted by molar-refractivity contribution is 6.04. The first-order chi connectivity index (χ1) is 15.4. The molecule has 0 spiro atoms. The summed E-state index contributed by atoms with van der Waals surface area (Å²) in [5, 5.41) is 7.58. The van der Waals surface area contributed by atoms with Crippen LogP contribution in [0.3, 0.4) is 0 Å². The molecule has 2 aromatic heterocycles. The minimum Gasteiger partial charge on any atom is -0.379 e. The second-order valence-corrected chi connectivity index (χ2v) is 7.82. The third-order valence-corrected chi connectivity index (χ3v) is 5.66. The Bertz CT molecular complexity index is 1100. The van der Waals surface area contributed by atoms with Crippen LogP contribution in [0.5, 0.6) is 0 Å². The molecule has 0 fully saturated rings. The van der Waals surface area contributed by atoms with E-state index in [1.807, 2.05) is 25.1 Å². The summed E-state index contributed by atoms with van der Waals surface area (Å²) < 4.78 is 20.3. The summed E-state index contributed by atoms with van der Waals surface area (Å²) in [5.74, 6) is 0.791. The van der Waals surface area contributed by atoms with Gasteiger partial charge in [-0.2, -0.15) is 10.1 Å². The van der Waals surface area contributed by atoms with Crippen LogP contribution in [0.25, 0.3) is 0 Å². The first-order valence-electron chi connectivity index (χ1n) is 10.3. The molecular weight excluding hydrogens is 413 g/mol. The average molecular weight is 439 g/mol. The van der Waals surface area contributed by atoms with Gasteiger partial charge < -0.3 is 19.9 Å². The van der Waals surface area contributed by atoms with Gasteiger partial charge in [0.2, 0.25) is 5.95 Å². The van der Waals surface area contributed by atoms with Crippen molar-refractivity contribution in [3.8, 4) is 0 Å². The van der Waals surface area contributed by atoms with E-state index in [0.29, 0.717) is 30.5 Å². The third-order valence-electron chi connectivity index (χ3n) is 5.66. The van der Waals surface area contributed by atoms with Gasteiger partial charge in [-0.1, -0.05) is 12.1 Å². The van der Waals surface area contributed by atoms with Crippen molar-refractivity contribution in [1.82, 2.24) is 19.7 Å². The maximum atomic E-state index is 13.1. The van der Waals surface area contributed by atoms with Crippen molar-refractivity contribution >= 4 is 23.4 Å². The van der Waals surface area contributed by atoms with Crippen molar-refractivity contribution in [2.45, 2.75) is 32.2 Å². The zero-order valence-electron chi connectivity index (χ0n) is 18.5. The number of amides is 1. The molecule has 1 aliphatic heterocycles. The van der Waals surface area contributed by atoms with Gasteiger partial charge >= 0.3 is 0 Å². The monoisotopic (exact) mass is 439 g/mol. The second kappa shape index (κ2) is 8.91. The summed E-state index contributed by atoms with van der Waals surface area (Å²) in [7, 11) is 5.14. The molecule has 1 amide bonds. The van der Waals surface area contributed by atoms with E-state index in [1.165, 1.54) is 12.1 Å². The predicted octanol–water partition coefficient (Wildman–Crippen LogP) is 2.29. The van der Waals surface area contributed by atoms with E-state index in [-0.39, 0.29) is 17.8 Å². The number of likely N-dealkylation sites (N-methyl/N-ethyl adjacent to an activating group) is 2. The normalized spacial score (nSPS) is 16.8. The van der Waals surface area contributed by atoms with Crippen LogP contribution in [0.4, 0.5) is 21.8 Å². The fourth-order valence-electron chi connectivity index (χ4n) is 3.75. The molecule has 3 heterocycles. The van der Waals surface area contributed by atoms with Gasteiger partial charge in [0, 0.05) is 39.5 Å². The highest BCUT2D eigenvalue weighted by Gasteiger charge is 2.39. The van der Waals surface area contributed by atoms with Crippen LogP contribution in [-0.2, 0) is 22.6 Å². The molecule has 0 saturated carbocycles. The van der Waals surface area contributed by atoms with Crippen molar-refractivity contribution in [2.24, 2.45) is 0 Å². The molecule has 0 radical (unpaired) electrons. The van der Waals surface area contributed by atoms with Crippen molar-refractivity contribution < 1.29 is 13.9 Å². The topological polar surface area (TPSA) is 88.4 Å². The van der Waals surface area contributed by atoms with E-state index in [0.717, 1.165) is 11.1 Å². The minimum atomic E-state index is -0.468. The molecule has 4 rings (SSSR count). The van der Waals surface area contributed by atoms with Crippen LogP contribution in [0.15, 0.2) is 42.9 Å². The smallest absolute Gasteiger partial charge is 0.252 e. The Morgan fingerprint density at radius 3 is 2.66 bits per heavy atom. The summed E-state index contributed by atoms with van der Waals surface area (Å²) in [6.45, 7) is 2.90. The van der Waals surface area contributed by atoms with E-state index in [1.54, 1.807) is 48.3 Å². The lowest BCUT2D eigenvalue weighted by molar-refractivity contribution is -0.122. The van der Waals surface area contributed by atoms with E-state index in [9.17, 15) is 9.18 Å². The molecule has 1 aromatic carbocycles. The number of benzene rings is 1. The summed E-state index contributed by atoms with van der Waals surface area (Å²) in [6.07, 6.45) is 5.04. The Morgan fingerprint density at radius 2 is 1.94 bits per heavy atom. The number of rotatable bonds is 7. The number of hydrogen-bond acceptors (Lipinski definition) is 7. The Balaban J connectivity index is 1.45. The Labute approximate surface area is 185 Å². The number of halogens is 1. The molecule has 0 aliphatic carbocycles. The number of hydrogen-bond donors (Lipinski definition) is 1. The van der Waals surface area contributed by atoms with Crippen LogP contribution in [-0.4, -0.2) is 59.0 Å². The highest BCUT2D eigenvalue weighted by Crippen LogP contribution is 2.34. The quantitative estimate of drug-likeness (QED) is 0.604. The largest absolute Gasteiger partial charge is 0.379 e. The van der Waals surface area contributed by atoms with Gasteiger partial charge in [0.25, 0.3) is 5.91 Å². The van der Waals surface area contributed by atoms with Crippen molar-refractivity contribution in [1.29, 1.82) is 0 Å². The number of ether oxygens (including phenoxy) is 1. The summed E-state index contributed by atoms with van der Waals surface area (Å²) in [4.78, 5) is 25.1. The number of carbonyl (C=O) groups is 1. The van der Waals surface area contributed by atoms with Crippen LogP contribution >= 0.6 is 0 Å². The molecule has 1 N–H and O–H groups in total. The zero-order valence-corrected chi connectivity index (χ0v) is 18.5. The van der Waals surface area contributed by atoms with Crippen molar-refractivity contribution in [3.05, 3.63) is 59.8 Å². The molecular formula is C22H26FN7O2. The second-order valence-electron chi connectivity index (χ2n) is 7.82. The molecule has 3 aromatic rings. The third kappa shape index (κ3) is 4.26. The van der Waals surface area contributed by atoms with Gasteiger partial charge in [-0.15, -0.1) is 0 Å². The van der Waals surface area contributed by atoms with E-state index in [2.05, 4.69) is 20.4 Å². The minimum absolute atomic E-state index is 0.0628. The molecule has 32 heavy (non-hydrogen) atoms. The SMILES string of the molecule is CO[C@H](C)[C@H]1C(=O)N(C)c2cnc(NCc3cnn(Cc4ccc(F)cc4)c3)nc2N1C. The maximum absolute atomic E-state index is 13.1. The number of nitrogens with one attached hydrogen (secondary N) is 1. The lowest BCUT2D eigenvalue weighted by atomic mass is 10.1. The maximum Gasteiger partial charge on any atom is 0.252 e. The molecule has 1 aliphatic rings. The molecule has 2 atom stereocenters. The van der Waals surface area contributed by atoms with Crippen LogP contribution in [0, 0.1) is 5.82 Å². The van der Waals surface area contributed by atoms with Gasteiger partial charge in [0.1, 0.15) is 17.5 Å². The first kappa shape index (κ1) is 21.7. The summed E-state index contributed by atoms with van der Waals surface area (Å²) in [5.41, 5.74) is 2.57. The number of aromatic nitrogens is 4. The number of methoxy groups -OCH3 is 1. The van der Waals surface area contributed by atoms with E-state index < -0.39 is 6.04 Å². The zero-order chi connectivity index (χ0) is 22.8. The summed E-state index contributed by atoms with van der Waals surface area (Å²) >= 11 is 0. The van der Waals surface area contributed by atoms with E-state index >= 15 is 0 Å². The van der Waals surface area contributed by atoms with Gasteiger partial charge in [-0.3, -0.25) is 9.48 Å². The molecule has 9 nitrogen and oxygen atoms in total. The molecule has 0 bridgehead atoms. The van der Waals surface area contributed by atoms with E-state index in [4.69, 9.17) is 4.74 Å². The van der Waals surface area contributed by atoms with Crippen LogP contribution in [0.1, 0.15) is 18.1 Å². The van der Waals surface area contributed by atoms with Gasteiger partial charge in [-0.05, 0) is 24.6 Å². The average Bonchev–Trinajstić information content (AvgIpc) is 3.24. The molecule has 168 valence electrons. The fourth-order valence-corrected chi connectivity index (χ4v) is 3.75. The number of fused-ring (bicyclic) bond motifs is 1. The lowest BCUT2D eigenvalue weighted by Gasteiger charge is -2.40. The fraction of sp³-hybridized carbons (Fsp3) is 0.364. The highest BCUT2D eigenvalue weighted by atomic mass is 19.1. The Hall–Kier alpha value is -3.53.